The van der Waals surface area contributed by atoms with Gasteiger partial charge < -0.3 is 4.74 Å². The van der Waals surface area contributed by atoms with Crippen LogP contribution in [-0.2, 0) is 17.3 Å². The molecule has 0 bridgehead atoms. The van der Waals surface area contributed by atoms with E-state index in [1.165, 1.54) is 12.1 Å². The Labute approximate surface area is 130 Å². The van der Waals surface area contributed by atoms with E-state index in [1.807, 2.05) is 18.2 Å². The zero-order valence-electron chi connectivity index (χ0n) is 12.1. The van der Waals surface area contributed by atoms with E-state index in [0.717, 1.165) is 24.1 Å². The van der Waals surface area contributed by atoms with Crippen LogP contribution in [0.3, 0.4) is 0 Å². The number of hydrogen-bond acceptors (Lipinski definition) is 2. The Hall–Kier alpha value is -2.14. The van der Waals surface area contributed by atoms with Gasteiger partial charge in [0.2, 0.25) is 0 Å². The lowest BCUT2D eigenvalue weighted by Gasteiger charge is -2.20. The molecule has 0 aromatic heterocycles. The monoisotopic (exact) mass is 318 g/mol. The summed E-state index contributed by atoms with van der Waals surface area (Å²) in [4.78, 5) is 12.7. The van der Waals surface area contributed by atoms with Gasteiger partial charge in [0.05, 0.1) is 5.56 Å². The van der Waals surface area contributed by atoms with E-state index < -0.39 is 23.4 Å². The number of ketones is 1. The maximum Gasteiger partial charge on any atom is 0.416 e. The maximum atomic E-state index is 12.7. The first-order valence-corrected chi connectivity index (χ1v) is 7.39. The molecule has 2 atom stereocenters. The van der Waals surface area contributed by atoms with Gasteiger partial charge in [-0.05, 0) is 36.1 Å². The number of fused-ring (bicyclic) bond motifs is 1. The zero-order chi connectivity index (χ0) is 16.2. The van der Waals surface area contributed by atoms with Gasteiger partial charge in [-0.2, -0.15) is 13.2 Å². The number of carbonyl (C=O) groups is 1. The third-order valence-corrected chi connectivity index (χ3v) is 4.65. The molecule has 1 heterocycles. The molecule has 1 spiro atoms. The first kappa shape index (κ1) is 14.5. The van der Waals surface area contributed by atoms with Crippen LogP contribution in [0.2, 0.25) is 0 Å². The van der Waals surface area contributed by atoms with Crippen molar-refractivity contribution in [2.24, 2.45) is 0 Å². The number of epoxide rings is 1. The van der Waals surface area contributed by atoms with Gasteiger partial charge >= 0.3 is 6.18 Å². The highest BCUT2D eigenvalue weighted by Gasteiger charge is 2.63. The van der Waals surface area contributed by atoms with E-state index in [4.69, 9.17) is 4.74 Å². The smallest absolute Gasteiger partial charge is 0.352 e. The number of rotatable bonds is 1. The Morgan fingerprint density at radius 3 is 2.43 bits per heavy atom. The van der Waals surface area contributed by atoms with Crippen LogP contribution in [0.15, 0.2) is 48.5 Å². The summed E-state index contributed by atoms with van der Waals surface area (Å²) in [7, 11) is 0. The van der Waals surface area contributed by atoms with Gasteiger partial charge in [-0.1, -0.05) is 36.4 Å². The van der Waals surface area contributed by atoms with Crippen molar-refractivity contribution in [3.8, 4) is 0 Å². The van der Waals surface area contributed by atoms with Gasteiger partial charge in [-0.3, -0.25) is 4.79 Å². The second kappa shape index (κ2) is 4.68. The fourth-order valence-corrected chi connectivity index (χ4v) is 3.34. The number of ether oxygens (including phenoxy) is 1. The van der Waals surface area contributed by atoms with E-state index in [2.05, 4.69) is 0 Å². The van der Waals surface area contributed by atoms with E-state index in [-0.39, 0.29) is 5.78 Å². The van der Waals surface area contributed by atoms with Crippen LogP contribution in [0.4, 0.5) is 13.2 Å². The van der Waals surface area contributed by atoms with Gasteiger partial charge in [-0.25, -0.2) is 0 Å². The molecular formula is C18H13F3O2. The lowest BCUT2D eigenvalue weighted by Crippen LogP contribution is -2.31. The molecule has 1 aliphatic carbocycles. The molecular weight excluding hydrogens is 305 g/mol. The summed E-state index contributed by atoms with van der Waals surface area (Å²) in [5, 5.41) is 0. The number of carbonyl (C=O) groups excluding carboxylic acids is 1. The molecule has 2 nitrogen and oxygen atoms in total. The Morgan fingerprint density at radius 2 is 1.74 bits per heavy atom. The molecule has 0 radical (unpaired) electrons. The highest BCUT2D eigenvalue weighted by molar-refractivity contribution is 6.07. The molecule has 4 rings (SSSR count). The third kappa shape index (κ3) is 2.18. The van der Waals surface area contributed by atoms with Crippen molar-refractivity contribution in [3.05, 3.63) is 70.8 Å². The van der Waals surface area contributed by atoms with Crippen molar-refractivity contribution in [2.75, 3.05) is 0 Å². The van der Waals surface area contributed by atoms with Crippen LogP contribution in [-0.4, -0.2) is 11.4 Å². The summed E-state index contributed by atoms with van der Waals surface area (Å²) in [6, 6.07) is 12.3. The number of Topliss-reactive ketones (excluding diaryl/α,β-unsaturated/α-hetero) is 1. The van der Waals surface area contributed by atoms with Gasteiger partial charge in [-0.15, -0.1) is 0 Å². The molecule has 23 heavy (non-hydrogen) atoms. The highest BCUT2D eigenvalue weighted by Crippen LogP contribution is 2.56. The summed E-state index contributed by atoms with van der Waals surface area (Å²) in [5.74, 6) is -0.0655. The number of benzene rings is 2. The Balaban J connectivity index is 1.62. The quantitative estimate of drug-likeness (QED) is 0.732. The van der Waals surface area contributed by atoms with Gasteiger partial charge in [0.25, 0.3) is 0 Å². The molecule has 1 aliphatic heterocycles. The molecule has 0 N–H and O–H groups in total. The minimum absolute atomic E-state index is 0.0655. The molecule has 2 aromatic rings. The Kier molecular flexibility index (Phi) is 2.94. The Morgan fingerprint density at radius 1 is 1.04 bits per heavy atom. The second-order valence-corrected chi connectivity index (χ2v) is 5.99. The van der Waals surface area contributed by atoms with Gasteiger partial charge in [0.15, 0.2) is 11.4 Å². The number of alkyl halides is 3. The standard InChI is InChI=1S/C18H13F3O2/c19-18(20,21)13-7-5-12(6-8-13)16-17(23-16)10-9-11-3-1-2-4-14(11)15(17)22/h1-8,16H,9-10H2/t16-,17-/m1/s1. The summed E-state index contributed by atoms with van der Waals surface area (Å²) in [6.45, 7) is 0. The predicted molar refractivity (Wildman–Crippen MR) is 77.1 cm³/mol. The van der Waals surface area contributed by atoms with Crippen LogP contribution in [0.1, 0.15) is 39.6 Å². The highest BCUT2D eigenvalue weighted by atomic mass is 19.4. The summed E-state index contributed by atoms with van der Waals surface area (Å²) in [5.41, 5.74) is 0.689. The SMILES string of the molecule is O=C1c2ccccc2CC[C@@]12O[C@@H]2c1ccc(C(F)(F)F)cc1. The predicted octanol–water partition coefficient (Wildman–Crippen LogP) is 4.34. The number of halogens is 3. The molecule has 118 valence electrons. The van der Waals surface area contributed by atoms with Crippen molar-refractivity contribution in [3.63, 3.8) is 0 Å². The van der Waals surface area contributed by atoms with Crippen molar-refractivity contribution in [1.29, 1.82) is 0 Å². The third-order valence-electron chi connectivity index (χ3n) is 4.65. The van der Waals surface area contributed by atoms with Crippen molar-refractivity contribution in [2.45, 2.75) is 30.7 Å². The lowest BCUT2D eigenvalue weighted by atomic mass is 9.79. The molecule has 5 heteroatoms. The minimum Gasteiger partial charge on any atom is -0.352 e. The maximum absolute atomic E-state index is 12.7. The van der Waals surface area contributed by atoms with E-state index in [9.17, 15) is 18.0 Å². The lowest BCUT2D eigenvalue weighted by molar-refractivity contribution is -0.137. The van der Waals surface area contributed by atoms with Gasteiger partial charge in [0.1, 0.15) is 6.10 Å². The Bertz CT molecular complexity index is 780. The fourth-order valence-electron chi connectivity index (χ4n) is 3.34. The summed E-state index contributed by atoms with van der Waals surface area (Å²) >= 11 is 0. The van der Waals surface area contributed by atoms with Crippen LogP contribution in [0.5, 0.6) is 0 Å². The van der Waals surface area contributed by atoms with Crippen LogP contribution in [0.25, 0.3) is 0 Å². The molecule has 1 fully saturated rings. The summed E-state index contributed by atoms with van der Waals surface area (Å²) < 4.78 is 43.6. The minimum atomic E-state index is -4.36. The van der Waals surface area contributed by atoms with Crippen molar-refractivity contribution < 1.29 is 22.7 Å². The van der Waals surface area contributed by atoms with E-state index in [1.54, 1.807) is 6.07 Å². The van der Waals surface area contributed by atoms with Crippen LogP contribution in [0, 0.1) is 0 Å². The number of aryl methyl sites for hydroxylation is 1. The largest absolute Gasteiger partial charge is 0.416 e. The molecule has 1 saturated heterocycles. The molecule has 2 aromatic carbocycles. The average Bonchev–Trinajstić information content (AvgIpc) is 3.26. The average molecular weight is 318 g/mol. The first-order valence-electron chi connectivity index (χ1n) is 7.39. The van der Waals surface area contributed by atoms with Crippen LogP contribution < -0.4 is 0 Å². The van der Waals surface area contributed by atoms with E-state index in [0.29, 0.717) is 17.5 Å². The molecule has 0 amide bonds. The van der Waals surface area contributed by atoms with E-state index >= 15 is 0 Å². The fraction of sp³-hybridized carbons (Fsp3) is 0.278. The zero-order valence-corrected chi connectivity index (χ0v) is 12.1. The molecule has 0 unspecified atom stereocenters. The van der Waals surface area contributed by atoms with Gasteiger partial charge in [0, 0.05) is 5.56 Å². The van der Waals surface area contributed by atoms with Crippen LogP contribution >= 0.6 is 0 Å². The van der Waals surface area contributed by atoms with Crippen molar-refractivity contribution in [1.82, 2.24) is 0 Å². The molecule has 2 aliphatic rings. The van der Waals surface area contributed by atoms with Crippen molar-refractivity contribution >= 4 is 5.78 Å². The summed E-state index contributed by atoms with van der Waals surface area (Å²) in [6.07, 6.45) is -3.51. The topological polar surface area (TPSA) is 29.6 Å². The normalized spacial score (nSPS) is 26.2. The molecule has 0 saturated carbocycles. The first-order chi connectivity index (χ1) is 10.9. The second-order valence-electron chi connectivity index (χ2n) is 5.99. The number of hydrogen-bond donors (Lipinski definition) is 0.